The molecule has 0 saturated carbocycles. The molecular weight excluding hydrogens is 527 g/mol. The third kappa shape index (κ3) is 5.16. The van der Waals surface area contributed by atoms with E-state index in [2.05, 4.69) is 0 Å². The fourth-order valence-corrected chi connectivity index (χ4v) is 5.32. The SMILES string of the molecule is Clc1cccc(C2OC[C@H]3OC(c4cccc(Cl)c4)O[C@H]4COC(c5cccc(Cl)c5)O[C@H]3[C@@H]4O2)c1. The van der Waals surface area contributed by atoms with Gasteiger partial charge in [0.05, 0.1) is 13.2 Å². The molecule has 3 unspecified atom stereocenters. The molecule has 0 aliphatic carbocycles. The van der Waals surface area contributed by atoms with Gasteiger partial charge in [0, 0.05) is 31.8 Å². The van der Waals surface area contributed by atoms with Crippen molar-refractivity contribution in [3.8, 4) is 0 Å². The van der Waals surface area contributed by atoms with Crippen LogP contribution in [0.1, 0.15) is 35.6 Å². The van der Waals surface area contributed by atoms with Crippen LogP contribution in [0.3, 0.4) is 0 Å². The highest BCUT2D eigenvalue weighted by Gasteiger charge is 2.50. The molecule has 3 saturated heterocycles. The van der Waals surface area contributed by atoms with Gasteiger partial charge in [0.1, 0.15) is 24.4 Å². The van der Waals surface area contributed by atoms with E-state index in [9.17, 15) is 0 Å². The number of rotatable bonds is 3. The van der Waals surface area contributed by atoms with Crippen molar-refractivity contribution >= 4 is 34.8 Å². The molecule has 3 aromatic rings. The molecule has 0 amide bonds. The molecule has 3 fully saturated rings. The lowest BCUT2D eigenvalue weighted by atomic mass is 10.0. The molecule has 3 aliphatic rings. The summed E-state index contributed by atoms with van der Waals surface area (Å²) in [6, 6.07) is 22.2. The van der Waals surface area contributed by atoms with Crippen LogP contribution >= 0.6 is 34.8 Å². The predicted molar refractivity (Wildman–Crippen MR) is 134 cm³/mol. The summed E-state index contributed by atoms with van der Waals surface area (Å²) < 4.78 is 38.4. The van der Waals surface area contributed by atoms with Crippen molar-refractivity contribution in [3.63, 3.8) is 0 Å². The lowest BCUT2D eigenvalue weighted by Gasteiger charge is -2.29. The van der Waals surface area contributed by atoms with Crippen molar-refractivity contribution in [1.29, 1.82) is 0 Å². The van der Waals surface area contributed by atoms with Gasteiger partial charge in [-0.1, -0.05) is 71.2 Å². The van der Waals surface area contributed by atoms with Crippen molar-refractivity contribution < 1.29 is 28.4 Å². The Morgan fingerprint density at radius 3 is 1.28 bits per heavy atom. The molecule has 6 rings (SSSR count). The first kappa shape index (κ1) is 24.6. The minimum absolute atomic E-state index is 0.202. The zero-order valence-electron chi connectivity index (χ0n) is 19.0. The van der Waals surface area contributed by atoms with Gasteiger partial charge in [0.25, 0.3) is 0 Å². The number of hydrogen-bond donors (Lipinski definition) is 0. The third-order valence-corrected chi connectivity index (χ3v) is 7.11. The van der Waals surface area contributed by atoms with Crippen molar-refractivity contribution in [3.05, 3.63) is 105 Å². The number of halogens is 3. The Hall–Kier alpha value is -1.71. The molecule has 188 valence electrons. The molecule has 0 radical (unpaired) electrons. The van der Waals surface area contributed by atoms with Crippen molar-refractivity contribution in [1.82, 2.24) is 0 Å². The van der Waals surface area contributed by atoms with Crippen LogP contribution in [0.4, 0.5) is 0 Å². The van der Waals surface area contributed by atoms with Gasteiger partial charge in [-0.2, -0.15) is 0 Å². The van der Waals surface area contributed by atoms with Crippen LogP contribution < -0.4 is 0 Å². The Bertz CT molecular complexity index is 1150. The molecule has 4 bridgehead atoms. The number of benzene rings is 3. The molecule has 7 atom stereocenters. The van der Waals surface area contributed by atoms with Crippen LogP contribution in [0.2, 0.25) is 15.1 Å². The molecule has 6 nitrogen and oxygen atoms in total. The summed E-state index contributed by atoms with van der Waals surface area (Å²) in [5.41, 5.74) is 2.38. The maximum atomic E-state index is 6.52. The first-order chi connectivity index (χ1) is 17.5. The van der Waals surface area contributed by atoms with Crippen LogP contribution in [-0.2, 0) is 28.4 Å². The first-order valence-corrected chi connectivity index (χ1v) is 12.8. The minimum atomic E-state index is -0.698. The zero-order chi connectivity index (χ0) is 24.6. The van der Waals surface area contributed by atoms with E-state index in [0.29, 0.717) is 15.1 Å². The van der Waals surface area contributed by atoms with Gasteiger partial charge in [-0.15, -0.1) is 0 Å². The summed E-state index contributed by atoms with van der Waals surface area (Å²) >= 11 is 18.7. The van der Waals surface area contributed by atoms with E-state index in [-0.39, 0.29) is 13.2 Å². The Labute approximate surface area is 223 Å². The fourth-order valence-electron chi connectivity index (χ4n) is 4.72. The average Bonchev–Trinajstić information content (AvgIpc) is 3.23. The van der Waals surface area contributed by atoms with Gasteiger partial charge in [-0.25, -0.2) is 0 Å². The molecule has 0 spiro atoms. The van der Waals surface area contributed by atoms with Crippen LogP contribution in [0.25, 0.3) is 0 Å². The average molecular weight is 550 g/mol. The third-order valence-electron chi connectivity index (χ3n) is 6.40. The summed E-state index contributed by atoms with van der Waals surface area (Å²) in [4.78, 5) is 0. The minimum Gasteiger partial charge on any atom is -0.346 e. The first-order valence-electron chi connectivity index (χ1n) is 11.6. The topological polar surface area (TPSA) is 55.4 Å². The Morgan fingerprint density at radius 2 is 0.889 bits per heavy atom. The molecular formula is C27H23Cl3O6. The summed E-state index contributed by atoms with van der Waals surface area (Å²) in [5.74, 6) is 0. The van der Waals surface area contributed by atoms with E-state index in [1.807, 2.05) is 54.6 Å². The van der Waals surface area contributed by atoms with Gasteiger partial charge < -0.3 is 28.4 Å². The monoisotopic (exact) mass is 548 g/mol. The van der Waals surface area contributed by atoms with E-state index in [1.165, 1.54) is 0 Å². The Morgan fingerprint density at radius 1 is 0.500 bits per heavy atom. The van der Waals surface area contributed by atoms with Gasteiger partial charge in [0.2, 0.25) is 0 Å². The second-order valence-corrected chi connectivity index (χ2v) is 10.2. The summed E-state index contributed by atoms with van der Waals surface area (Å²) in [6.45, 7) is 0.404. The highest BCUT2D eigenvalue weighted by molar-refractivity contribution is 6.31. The summed E-state index contributed by atoms with van der Waals surface area (Å²) in [5, 5.41) is 1.78. The van der Waals surface area contributed by atoms with Crippen LogP contribution in [0, 0.1) is 0 Å². The molecule has 36 heavy (non-hydrogen) atoms. The van der Waals surface area contributed by atoms with Crippen LogP contribution in [0.5, 0.6) is 0 Å². The highest BCUT2D eigenvalue weighted by atomic mass is 35.5. The molecule has 9 heteroatoms. The largest absolute Gasteiger partial charge is 0.346 e. The second-order valence-electron chi connectivity index (χ2n) is 8.88. The van der Waals surface area contributed by atoms with Gasteiger partial charge >= 0.3 is 0 Å². The van der Waals surface area contributed by atoms with E-state index < -0.39 is 43.3 Å². The maximum Gasteiger partial charge on any atom is 0.185 e. The lowest BCUT2D eigenvalue weighted by Crippen LogP contribution is -2.45. The van der Waals surface area contributed by atoms with Gasteiger partial charge in [0.15, 0.2) is 18.9 Å². The zero-order valence-corrected chi connectivity index (χ0v) is 21.2. The van der Waals surface area contributed by atoms with Crippen molar-refractivity contribution in [2.75, 3.05) is 13.2 Å². The number of hydrogen-bond acceptors (Lipinski definition) is 6. The highest BCUT2D eigenvalue weighted by Crippen LogP contribution is 2.42. The molecule has 3 heterocycles. The Kier molecular flexibility index (Phi) is 7.23. The van der Waals surface area contributed by atoms with Gasteiger partial charge in [-0.3, -0.25) is 0 Å². The van der Waals surface area contributed by atoms with Crippen molar-refractivity contribution in [2.24, 2.45) is 0 Å². The lowest BCUT2D eigenvalue weighted by molar-refractivity contribution is -0.262. The summed E-state index contributed by atoms with van der Waals surface area (Å²) in [7, 11) is 0. The smallest absolute Gasteiger partial charge is 0.185 e. The molecule has 0 aromatic heterocycles. The normalized spacial score (nSPS) is 32.2. The predicted octanol–water partition coefficient (Wildman–Crippen LogP) is 6.66. The standard InChI is InChI=1S/C27H23Cl3O6/c28-18-7-1-4-15(10-18)25-31-13-21-24-23(35-25)22(34-27(33-21)17-6-3-9-20(30)12-17)14-32-26(36-24)16-5-2-8-19(29)11-16/h1-12,21-27H,13-14H2/t21-,22+,23-,24-,25?,26?,27?/m1/s1. The van der Waals surface area contributed by atoms with Crippen LogP contribution in [-0.4, -0.2) is 37.6 Å². The molecule has 3 aromatic carbocycles. The van der Waals surface area contributed by atoms with E-state index in [1.54, 1.807) is 18.2 Å². The molecule has 3 aliphatic heterocycles. The van der Waals surface area contributed by atoms with E-state index >= 15 is 0 Å². The maximum absolute atomic E-state index is 6.52. The number of ether oxygens (including phenoxy) is 6. The summed E-state index contributed by atoms with van der Waals surface area (Å²) in [6.07, 6.45) is -4.18. The van der Waals surface area contributed by atoms with E-state index in [0.717, 1.165) is 16.7 Å². The van der Waals surface area contributed by atoms with Crippen LogP contribution in [0.15, 0.2) is 72.8 Å². The van der Waals surface area contributed by atoms with Gasteiger partial charge in [-0.05, 0) is 36.4 Å². The fraction of sp³-hybridized carbons (Fsp3) is 0.333. The molecule has 0 N–H and O–H groups in total. The van der Waals surface area contributed by atoms with Crippen molar-refractivity contribution in [2.45, 2.75) is 43.3 Å². The second kappa shape index (κ2) is 10.6. The van der Waals surface area contributed by atoms with E-state index in [4.69, 9.17) is 63.2 Å². The quantitative estimate of drug-likeness (QED) is 0.364. The Balaban J connectivity index is 1.35.